The van der Waals surface area contributed by atoms with Crippen LogP contribution in [0.3, 0.4) is 0 Å². The van der Waals surface area contributed by atoms with Crippen LogP contribution in [-0.4, -0.2) is 50.8 Å². The summed E-state index contributed by atoms with van der Waals surface area (Å²) < 4.78 is 27.4. The standard InChI is InChI=1S/C14H18F2N6/c1-20-8-11(13(19-20)14(15)16)9-21-4-6-22(7-5-21)12-2-3-17-10-18-12/h2-3,8,10,14H,4-7,9H2,1H3. The van der Waals surface area contributed by atoms with E-state index < -0.39 is 6.43 Å². The summed E-state index contributed by atoms with van der Waals surface area (Å²) in [7, 11) is 1.67. The lowest BCUT2D eigenvalue weighted by Crippen LogP contribution is -2.46. The predicted molar refractivity (Wildman–Crippen MR) is 77.7 cm³/mol. The molecule has 6 nitrogen and oxygen atoms in total. The molecule has 2 aromatic heterocycles. The molecule has 8 heteroatoms. The van der Waals surface area contributed by atoms with Gasteiger partial charge in [-0.05, 0) is 6.07 Å². The van der Waals surface area contributed by atoms with Gasteiger partial charge in [-0.25, -0.2) is 18.7 Å². The quantitative estimate of drug-likeness (QED) is 0.856. The van der Waals surface area contributed by atoms with Gasteiger partial charge in [-0.3, -0.25) is 9.58 Å². The number of nitrogens with zero attached hydrogens (tertiary/aromatic N) is 6. The molecule has 22 heavy (non-hydrogen) atoms. The van der Waals surface area contributed by atoms with Crippen molar-refractivity contribution in [2.45, 2.75) is 13.0 Å². The van der Waals surface area contributed by atoms with Gasteiger partial charge in [0.2, 0.25) is 0 Å². The molecule has 118 valence electrons. The Labute approximate surface area is 127 Å². The molecule has 0 amide bonds. The summed E-state index contributed by atoms with van der Waals surface area (Å²) in [5.74, 6) is 0.907. The largest absolute Gasteiger partial charge is 0.354 e. The Balaban J connectivity index is 1.61. The molecule has 0 bridgehead atoms. The maximum atomic E-state index is 13.0. The number of aromatic nitrogens is 4. The Kier molecular flexibility index (Phi) is 4.28. The summed E-state index contributed by atoms with van der Waals surface area (Å²) in [6.07, 6.45) is 2.41. The van der Waals surface area contributed by atoms with Crippen LogP contribution in [0.25, 0.3) is 0 Å². The van der Waals surface area contributed by atoms with Gasteiger partial charge in [-0.1, -0.05) is 0 Å². The molecule has 0 spiro atoms. The molecular weight excluding hydrogens is 290 g/mol. The molecule has 1 aliphatic rings. The minimum absolute atomic E-state index is 0.110. The lowest BCUT2D eigenvalue weighted by Gasteiger charge is -2.35. The van der Waals surface area contributed by atoms with Gasteiger partial charge in [0, 0.05) is 57.7 Å². The molecule has 1 aliphatic heterocycles. The fraction of sp³-hybridized carbons (Fsp3) is 0.500. The molecule has 1 saturated heterocycles. The second-order valence-electron chi connectivity index (χ2n) is 5.34. The summed E-state index contributed by atoms with van der Waals surface area (Å²) in [6.45, 7) is 3.76. The molecule has 0 unspecified atom stereocenters. The molecule has 3 heterocycles. The van der Waals surface area contributed by atoms with Gasteiger partial charge >= 0.3 is 0 Å². The number of hydrogen-bond donors (Lipinski definition) is 0. The molecule has 0 saturated carbocycles. The summed E-state index contributed by atoms with van der Waals surface area (Å²) in [5, 5.41) is 3.85. The Morgan fingerprint density at radius 3 is 2.64 bits per heavy atom. The third-order valence-corrected chi connectivity index (χ3v) is 3.80. The fourth-order valence-corrected chi connectivity index (χ4v) is 2.71. The molecule has 0 aromatic carbocycles. The Bertz CT molecular complexity index is 607. The summed E-state index contributed by atoms with van der Waals surface area (Å²) in [6, 6.07) is 1.88. The van der Waals surface area contributed by atoms with Gasteiger partial charge in [0.25, 0.3) is 6.43 Å². The predicted octanol–water partition coefficient (Wildman–Crippen LogP) is 1.47. The van der Waals surface area contributed by atoms with Crippen molar-refractivity contribution in [3.05, 3.63) is 36.0 Å². The maximum absolute atomic E-state index is 13.0. The highest BCUT2D eigenvalue weighted by Gasteiger charge is 2.22. The van der Waals surface area contributed by atoms with E-state index >= 15 is 0 Å². The average Bonchev–Trinajstić information content (AvgIpc) is 2.90. The van der Waals surface area contributed by atoms with E-state index in [-0.39, 0.29) is 5.69 Å². The molecule has 0 N–H and O–H groups in total. The van der Waals surface area contributed by atoms with Crippen molar-refractivity contribution in [3.63, 3.8) is 0 Å². The summed E-state index contributed by atoms with van der Waals surface area (Å²) in [5.41, 5.74) is 0.494. The number of alkyl halides is 2. The number of rotatable bonds is 4. The van der Waals surface area contributed by atoms with Crippen LogP contribution in [0.15, 0.2) is 24.8 Å². The van der Waals surface area contributed by atoms with E-state index in [4.69, 9.17) is 0 Å². The smallest absolute Gasteiger partial charge is 0.282 e. The van der Waals surface area contributed by atoms with Crippen molar-refractivity contribution >= 4 is 5.82 Å². The van der Waals surface area contributed by atoms with Crippen LogP contribution < -0.4 is 4.90 Å². The number of hydrogen-bond acceptors (Lipinski definition) is 5. The van der Waals surface area contributed by atoms with Gasteiger partial charge in [0.15, 0.2) is 0 Å². The highest BCUT2D eigenvalue weighted by atomic mass is 19.3. The number of piperazine rings is 1. The van der Waals surface area contributed by atoms with Crippen molar-refractivity contribution in [1.82, 2.24) is 24.6 Å². The van der Waals surface area contributed by atoms with Crippen LogP contribution in [-0.2, 0) is 13.6 Å². The van der Waals surface area contributed by atoms with Crippen molar-refractivity contribution in [1.29, 1.82) is 0 Å². The molecule has 2 aromatic rings. The van der Waals surface area contributed by atoms with E-state index in [0.717, 1.165) is 32.0 Å². The van der Waals surface area contributed by atoms with Crippen molar-refractivity contribution < 1.29 is 8.78 Å². The Morgan fingerprint density at radius 2 is 2.00 bits per heavy atom. The van der Waals surface area contributed by atoms with Crippen LogP contribution in [0.4, 0.5) is 14.6 Å². The third kappa shape index (κ3) is 3.22. The third-order valence-electron chi connectivity index (χ3n) is 3.80. The SMILES string of the molecule is Cn1cc(CN2CCN(c3ccncn3)CC2)c(C(F)F)n1. The lowest BCUT2D eigenvalue weighted by molar-refractivity contribution is 0.142. The molecule has 3 rings (SSSR count). The van der Waals surface area contributed by atoms with Gasteiger partial charge in [0.05, 0.1) is 0 Å². The molecule has 0 aliphatic carbocycles. The zero-order valence-electron chi connectivity index (χ0n) is 12.4. The monoisotopic (exact) mass is 308 g/mol. The second kappa shape index (κ2) is 6.35. The van der Waals surface area contributed by atoms with E-state index in [1.807, 2.05) is 6.07 Å². The van der Waals surface area contributed by atoms with Gasteiger partial charge in [-0.15, -0.1) is 0 Å². The molecule has 0 radical (unpaired) electrons. The van der Waals surface area contributed by atoms with E-state index in [1.165, 1.54) is 11.0 Å². The first kappa shape index (κ1) is 14.8. The topological polar surface area (TPSA) is 50.1 Å². The Hall–Kier alpha value is -2.09. The first-order valence-corrected chi connectivity index (χ1v) is 7.17. The number of aryl methyl sites for hydroxylation is 1. The van der Waals surface area contributed by atoms with E-state index in [0.29, 0.717) is 12.1 Å². The van der Waals surface area contributed by atoms with Crippen molar-refractivity contribution in [3.8, 4) is 0 Å². The first-order chi connectivity index (χ1) is 10.6. The highest BCUT2D eigenvalue weighted by molar-refractivity contribution is 5.37. The van der Waals surface area contributed by atoms with Crippen LogP contribution in [0.5, 0.6) is 0 Å². The minimum atomic E-state index is -2.53. The van der Waals surface area contributed by atoms with Crippen LogP contribution >= 0.6 is 0 Å². The van der Waals surface area contributed by atoms with Gasteiger partial charge in [-0.2, -0.15) is 5.10 Å². The van der Waals surface area contributed by atoms with E-state index in [9.17, 15) is 8.78 Å². The van der Waals surface area contributed by atoms with Gasteiger partial charge in [0.1, 0.15) is 17.8 Å². The van der Waals surface area contributed by atoms with Crippen molar-refractivity contribution in [2.75, 3.05) is 31.1 Å². The van der Waals surface area contributed by atoms with Crippen LogP contribution in [0.1, 0.15) is 17.7 Å². The van der Waals surface area contributed by atoms with Gasteiger partial charge < -0.3 is 4.90 Å². The van der Waals surface area contributed by atoms with E-state index in [2.05, 4.69) is 24.9 Å². The maximum Gasteiger partial charge on any atom is 0.282 e. The first-order valence-electron chi connectivity index (χ1n) is 7.17. The molecule has 0 atom stereocenters. The van der Waals surface area contributed by atoms with Crippen LogP contribution in [0.2, 0.25) is 0 Å². The summed E-state index contributed by atoms with van der Waals surface area (Å²) >= 11 is 0. The second-order valence-corrected chi connectivity index (χ2v) is 5.34. The lowest BCUT2D eigenvalue weighted by atomic mass is 10.2. The van der Waals surface area contributed by atoms with E-state index in [1.54, 1.807) is 19.4 Å². The Morgan fingerprint density at radius 1 is 1.23 bits per heavy atom. The molecule has 1 fully saturated rings. The molecular formula is C14H18F2N6. The number of halogens is 2. The average molecular weight is 308 g/mol. The minimum Gasteiger partial charge on any atom is -0.354 e. The van der Waals surface area contributed by atoms with Crippen LogP contribution in [0, 0.1) is 0 Å². The van der Waals surface area contributed by atoms with Crippen molar-refractivity contribution in [2.24, 2.45) is 7.05 Å². The highest BCUT2D eigenvalue weighted by Crippen LogP contribution is 2.23. The normalized spacial score (nSPS) is 16.5. The summed E-state index contributed by atoms with van der Waals surface area (Å²) in [4.78, 5) is 12.5. The fourth-order valence-electron chi connectivity index (χ4n) is 2.71. The zero-order chi connectivity index (χ0) is 15.5. The zero-order valence-corrected chi connectivity index (χ0v) is 12.4. The number of anilines is 1.